The fourth-order valence-corrected chi connectivity index (χ4v) is 5.96. The molecule has 1 heterocycles. The lowest BCUT2D eigenvalue weighted by atomic mass is 9.99. The Balaban J connectivity index is 1.52. The van der Waals surface area contributed by atoms with Gasteiger partial charge in [-0.2, -0.15) is 0 Å². The zero-order valence-electron chi connectivity index (χ0n) is 20.0. The van der Waals surface area contributed by atoms with Crippen LogP contribution < -0.4 is 0 Å². The van der Waals surface area contributed by atoms with Crippen LogP contribution >= 0.6 is 23.6 Å². The van der Waals surface area contributed by atoms with Gasteiger partial charge in [-0.05, 0) is 62.5 Å². The van der Waals surface area contributed by atoms with Gasteiger partial charge in [-0.25, -0.2) is 0 Å². The van der Waals surface area contributed by atoms with E-state index in [0.717, 1.165) is 34.3 Å². The van der Waals surface area contributed by atoms with Crippen molar-refractivity contribution in [1.29, 1.82) is 0 Å². The van der Waals surface area contributed by atoms with Gasteiger partial charge in [0.15, 0.2) is 3.95 Å². The summed E-state index contributed by atoms with van der Waals surface area (Å²) < 4.78 is 4.32. The van der Waals surface area contributed by atoms with Crippen LogP contribution in [0.2, 0.25) is 0 Å². The second-order valence-corrected chi connectivity index (χ2v) is 10.6. The number of para-hydroxylation sites is 2. The van der Waals surface area contributed by atoms with E-state index < -0.39 is 0 Å². The molecule has 178 valence electrons. The molecule has 1 unspecified atom stereocenters. The number of unbranched alkanes of at least 4 members (excludes halogenated alkanes) is 9. The molecule has 3 rings (SSSR count). The van der Waals surface area contributed by atoms with E-state index in [1.807, 2.05) is 18.2 Å². The number of benzene rings is 2. The summed E-state index contributed by atoms with van der Waals surface area (Å²) in [6.45, 7) is 2.28. The molecule has 0 aliphatic heterocycles. The SMILES string of the molecule is CCCCCCCCCCC=CCCCC(c1ccccc1O)n1c(=S)sc2ccccc21. The highest BCUT2D eigenvalue weighted by molar-refractivity contribution is 7.73. The number of rotatable bonds is 15. The molecule has 0 amide bonds. The maximum absolute atomic E-state index is 10.6. The van der Waals surface area contributed by atoms with Crippen LogP contribution in [0.15, 0.2) is 60.7 Å². The lowest BCUT2D eigenvalue weighted by Gasteiger charge is -2.21. The molecule has 1 atom stereocenters. The minimum Gasteiger partial charge on any atom is -0.508 e. The fraction of sp³-hybridized carbons (Fsp3) is 0.483. The number of phenols is 1. The monoisotopic (exact) mass is 481 g/mol. The van der Waals surface area contributed by atoms with Crippen molar-refractivity contribution in [3.05, 3.63) is 70.2 Å². The number of aromatic nitrogens is 1. The lowest BCUT2D eigenvalue weighted by molar-refractivity contribution is 0.444. The van der Waals surface area contributed by atoms with Crippen LogP contribution in [0.4, 0.5) is 0 Å². The maximum atomic E-state index is 10.6. The molecule has 0 fully saturated rings. The molecule has 0 bridgehead atoms. The Kier molecular flexibility index (Phi) is 11.2. The summed E-state index contributed by atoms with van der Waals surface area (Å²) in [4.78, 5) is 0. The number of aromatic hydroxyl groups is 1. The highest BCUT2D eigenvalue weighted by atomic mass is 32.1. The van der Waals surface area contributed by atoms with Crippen molar-refractivity contribution in [1.82, 2.24) is 4.57 Å². The molecule has 0 aliphatic carbocycles. The van der Waals surface area contributed by atoms with Crippen LogP contribution in [0.1, 0.15) is 95.6 Å². The smallest absolute Gasteiger partial charge is 0.162 e. The molecule has 0 saturated carbocycles. The molecule has 1 N–H and O–H groups in total. The molecule has 0 radical (unpaired) electrons. The third kappa shape index (κ3) is 7.82. The summed E-state index contributed by atoms with van der Waals surface area (Å²) in [5.41, 5.74) is 2.12. The minimum absolute atomic E-state index is 0.0518. The van der Waals surface area contributed by atoms with Crippen LogP contribution in [0.5, 0.6) is 5.75 Å². The number of hydrogen-bond donors (Lipinski definition) is 1. The van der Waals surface area contributed by atoms with Gasteiger partial charge < -0.3 is 9.67 Å². The van der Waals surface area contributed by atoms with E-state index in [1.54, 1.807) is 17.4 Å². The number of fused-ring (bicyclic) bond motifs is 1. The number of phenolic OH excluding ortho intramolecular Hbond substituents is 1. The van der Waals surface area contributed by atoms with Gasteiger partial charge in [0.05, 0.1) is 16.3 Å². The number of allylic oxidation sites excluding steroid dienone is 2. The van der Waals surface area contributed by atoms with Gasteiger partial charge in [-0.1, -0.05) is 94.4 Å². The predicted molar refractivity (Wildman–Crippen MR) is 147 cm³/mol. The van der Waals surface area contributed by atoms with Crippen LogP contribution in [-0.4, -0.2) is 9.67 Å². The first-order valence-corrected chi connectivity index (χ1v) is 14.0. The third-order valence-electron chi connectivity index (χ3n) is 6.37. The Hall–Kier alpha value is -1.91. The van der Waals surface area contributed by atoms with Gasteiger partial charge in [-0.3, -0.25) is 0 Å². The summed E-state index contributed by atoms with van der Waals surface area (Å²) in [6, 6.07) is 16.1. The van der Waals surface area contributed by atoms with E-state index in [0.29, 0.717) is 5.75 Å². The highest BCUT2D eigenvalue weighted by Gasteiger charge is 2.20. The summed E-state index contributed by atoms with van der Waals surface area (Å²) >= 11 is 7.41. The van der Waals surface area contributed by atoms with Crippen molar-refractivity contribution in [2.75, 3.05) is 0 Å². The maximum Gasteiger partial charge on any atom is 0.162 e. The second-order valence-electron chi connectivity index (χ2n) is 8.95. The summed E-state index contributed by atoms with van der Waals surface area (Å²) in [6.07, 6.45) is 20.0. The minimum atomic E-state index is 0.0518. The molecule has 0 saturated heterocycles. The van der Waals surface area contributed by atoms with Crippen LogP contribution in [0.3, 0.4) is 0 Å². The Bertz CT molecular complexity index is 1050. The summed E-state index contributed by atoms with van der Waals surface area (Å²) in [5.74, 6) is 0.352. The molecule has 3 aromatic rings. The molecule has 0 aliphatic rings. The molecular weight excluding hydrogens is 442 g/mol. The van der Waals surface area contributed by atoms with Crippen LogP contribution in [-0.2, 0) is 0 Å². The Morgan fingerprint density at radius 1 is 0.848 bits per heavy atom. The molecular formula is C29H39NOS2. The number of thiazole rings is 1. The van der Waals surface area contributed by atoms with Crippen LogP contribution in [0, 0.1) is 3.95 Å². The Morgan fingerprint density at radius 3 is 2.24 bits per heavy atom. The topological polar surface area (TPSA) is 25.2 Å². The zero-order valence-corrected chi connectivity index (χ0v) is 21.7. The van der Waals surface area contributed by atoms with Gasteiger partial charge >= 0.3 is 0 Å². The molecule has 2 aromatic carbocycles. The van der Waals surface area contributed by atoms with Crippen molar-refractivity contribution in [3.8, 4) is 5.75 Å². The van der Waals surface area contributed by atoms with Gasteiger partial charge in [0.1, 0.15) is 5.75 Å². The van der Waals surface area contributed by atoms with Crippen molar-refractivity contribution in [3.63, 3.8) is 0 Å². The van der Waals surface area contributed by atoms with Gasteiger partial charge in [0.25, 0.3) is 0 Å². The van der Waals surface area contributed by atoms with E-state index in [9.17, 15) is 5.11 Å². The van der Waals surface area contributed by atoms with E-state index in [1.165, 1.54) is 62.5 Å². The van der Waals surface area contributed by atoms with Crippen molar-refractivity contribution in [2.45, 2.75) is 90.0 Å². The lowest BCUT2D eigenvalue weighted by Crippen LogP contribution is -2.11. The van der Waals surface area contributed by atoms with Crippen molar-refractivity contribution in [2.24, 2.45) is 0 Å². The van der Waals surface area contributed by atoms with E-state index >= 15 is 0 Å². The predicted octanol–water partition coefficient (Wildman–Crippen LogP) is 9.98. The third-order valence-corrected chi connectivity index (χ3v) is 7.75. The molecule has 2 nitrogen and oxygen atoms in total. The molecule has 1 aromatic heterocycles. The standard InChI is InChI=1S/C29H39NOS2/c1-2-3-4-5-6-7-8-9-10-11-12-13-14-20-25(24-19-15-17-22-27(24)31)30-26-21-16-18-23-28(26)33-29(30)32/h11-12,15-19,21-23,25,31H,2-10,13-14,20H2,1H3. The number of nitrogens with zero attached hydrogens (tertiary/aromatic N) is 1. The first-order valence-electron chi connectivity index (χ1n) is 12.7. The largest absolute Gasteiger partial charge is 0.508 e. The zero-order chi connectivity index (χ0) is 23.3. The Labute approximate surface area is 209 Å². The summed E-state index contributed by atoms with van der Waals surface area (Å²) in [7, 11) is 0. The fourth-order valence-electron chi connectivity index (χ4n) is 4.53. The second kappa shape index (κ2) is 14.4. The first-order chi connectivity index (χ1) is 16.2. The molecule has 0 spiro atoms. The molecule has 33 heavy (non-hydrogen) atoms. The van der Waals surface area contributed by atoms with E-state index in [-0.39, 0.29) is 6.04 Å². The van der Waals surface area contributed by atoms with E-state index in [4.69, 9.17) is 12.2 Å². The highest BCUT2D eigenvalue weighted by Crippen LogP contribution is 2.36. The normalized spacial score (nSPS) is 12.6. The van der Waals surface area contributed by atoms with Crippen molar-refractivity contribution >= 4 is 33.8 Å². The van der Waals surface area contributed by atoms with Crippen LogP contribution in [0.25, 0.3) is 10.2 Å². The number of hydrogen-bond acceptors (Lipinski definition) is 3. The van der Waals surface area contributed by atoms with Gasteiger partial charge in [-0.15, -0.1) is 11.3 Å². The first kappa shape index (κ1) is 25.7. The average molecular weight is 482 g/mol. The molecule has 4 heteroatoms. The quantitative estimate of drug-likeness (QED) is 0.133. The van der Waals surface area contributed by atoms with Gasteiger partial charge in [0.2, 0.25) is 0 Å². The van der Waals surface area contributed by atoms with Gasteiger partial charge in [0, 0.05) is 5.56 Å². The van der Waals surface area contributed by atoms with Crippen molar-refractivity contribution < 1.29 is 5.11 Å². The summed E-state index contributed by atoms with van der Waals surface area (Å²) in [5, 5.41) is 10.6. The Morgan fingerprint density at radius 2 is 1.48 bits per heavy atom. The average Bonchev–Trinajstić information content (AvgIpc) is 3.16. The van der Waals surface area contributed by atoms with E-state index in [2.05, 4.69) is 47.9 Å².